The molecule has 1 aromatic carbocycles. The van der Waals surface area contributed by atoms with Gasteiger partial charge in [0.2, 0.25) is 5.95 Å². The van der Waals surface area contributed by atoms with E-state index in [1.165, 1.54) is 0 Å². The summed E-state index contributed by atoms with van der Waals surface area (Å²) in [7, 11) is 5.75. The number of ether oxygens (including phenoxy) is 1. The van der Waals surface area contributed by atoms with Crippen molar-refractivity contribution in [1.29, 1.82) is 0 Å². The third kappa shape index (κ3) is 5.65. The van der Waals surface area contributed by atoms with Gasteiger partial charge < -0.3 is 20.3 Å². The quantitative estimate of drug-likeness (QED) is 0.592. The zero-order valence-corrected chi connectivity index (χ0v) is 16.5. The van der Waals surface area contributed by atoms with E-state index in [1.807, 2.05) is 50.5 Å². The molecule has 7 heteroatoms. The Labute approximate surface area is 165 Å². The minimum atomic E-state index is 0.601. The number of nitrogens with zero attached hydrogens (tertiary/aromatic N) is 4. The average molecular weight is 378 g/mol. The van der Waals surface area contributed by atoms with Crippen LogP contribution in [-0.4, -0.2) is 54.1 Å². The molecule has 2 N–H and O–H groups in total. The lowest BCUT2D eigenvalue weighted by atomic mass is 10.2. The lowest BCUT2D eigenvalue weighted by Crippen LogP contribution is -2.21. The van der Waals surface area contributed by atoms with E-state index < -0.39 is 0 Å². The maximum atomic E-state index is 5.29. The van der Waals surface area contributed by atoms with Crippen LogP contribution in [0.5, 0.6) is 5.75 Å². The molecule has 0 spiro atoms. The van der Waals surface area contributed by atoms with Crippen LogP contribution in [0.1, 0.15) is 5.56 Å². The first kappa shape index (κ1) is 19.6. The summed E-state index contributed by atoms with van der Waals surface area (Å²) >= 11 is 0. The Kier molecular flexibility index (Phi) is 6.75. The Morgan fingerprint density at radius 3 is 2.57 bits per heavy atom. The summed E-state index contributed by atoms with van der Waals surface area (Å²) in [4.78, 5) is 15.5. The van der Waals surface area contributed by atoms with E-state index in [2.05, 4.69) is 36.6 Å². The number of hydrogen-bond acceptors (Lipinski definition) is 7. The highest BCUT2D eigenvalue weighted by molar-refractivity contribution is 5.64. The maximum absolute atomic E-state index is 5.29. The fourth-order valence-corrected chi connectivity index (χ4v) is 2.65. The van der Waals surface area contributed by atoms with Crippen LogP contribution in [0.4, 0.5) is 11.8 Å². The standard InChI is InChI=1S/C21H26N6O/c1-27(2)12-11-23-21-25-19(17-7-9-22-10-8-17)14-20(26-21)24-15-16-5-4-6-18(13-16)28-3/h4-10,13-14H,11-12,15H2,1-3H3,(H2,23,24,25,26). The first-order valence-electron chi connectivity index (χ1n) is 9.19. The molecule has 3 aromatic rings. The van der Waals surface area contributed by atoms with E-state index >= 15 is 0 Å². The molecule has 28 heavy (non-hydrogen) atoms. The Balaban J connectivity index is 1.79. The second-order valence-electron chi connectivity index (χ2n) is 6.63. The van der Waals surface area contributed by atoms with E-state index in [9.17, 15) is 0 Å². The molecule has 7 nitrogen and oxygen atoms in total. The van der Waals surface area contributed by atoms with Crippen LogP contribution in [-0.2, 0) is 6.54 Å². The van der Waals surface area contributed by atoms with E-state index in [0.717, 1.165) is 41.5 Å². The molecule has 0 saturated carbocycles. The molecule has 2 aromatic heterocycles. The van der Waals surface area contributed by atoms with Crippen molar-refractivity contribution in [3.05, 3.63) is 60.4 Å². The van der Waals surface area contributed by atoms with Gasteiger partial charge in [-0.15, -0.1) is 0 Å². The number of rotatable bonds is 9. The summed E-state index contributed by atoms with van der Waals surface area (Å²) in [5.41, 5.74) is 2.96. The smallest absolute Gasteiger partial charge is 0.225 e. The molecular formula is C21H26N6O. The monoisotopic (exact) mass is 378 g/mol. The zero-order chi connectivity index (χ0) is 19.8. The highest BCUT2D eigenvalue weighted by Gasteiger charge is 2.07. The molecule has 0 saturated heterocycles. The minimum absolute atomic E-state index is 0.601. The number of benzene rings is 1. The van der Waals surface area contributed by atoms with Gasteiger partial charge in [-0.05, 0) is 43.9 Å². The van der Waals surface area contributed by atoms with E-state index in [1.54, 1.807) is 19.5 Å². The Hall–Kier alpha value is -3.19. The largest absolute Gasteiger partial charge is 0.497 e. The summed E-state index contributed by atoms with van der Waals surface area (Å²) in [6.07, 6.45) is 3.53. The molecule has 0 aliphatic heterocycles. The highest BCUT2D eigenvalue weighted by Crippen LogP contribution is 2.21. The van der Waals surface area contributed by atoms with Crippen molar-refractivity contribution in [3.8, 4) is 17.0 Å². The second kappa shape index (κ2) is 9.66. The molecule has 0 radical (unpaired) electrons. The maximum Gasteiger partial charge on any atom is 0.225 e. The number of aromatic nitrogens is 3. The lowest BCUT2D eigenvalue weighted by Gasteiger charge is -2.13. The molecule has 0 bridgehead atoms. The number of nitrogens with one attached hydrogen (secondary N) is 2. The highest BCUT2D eigenvalue weighted by atomic mass is 16.5. The summed E-state index contributed by atoms with van der Waals surface area (Å²) in [5.74, 6) is 2.20. The summed E-state index contributed by atoms with van der Waals surface area (Å²) in [5, 5.41) is 6.69. The number of anilines is 2. The molecule has 3 rings (SSSR count). The van der Waals surface area contributed by atoms with Gasteiger partial charge in [0.05, 0.1) is 12.8 Å². The van der Waals surface area contributed by atoms with Crippen LogP contribution in [0, 0.1) is 0 Å². The van der Waals surface area contributed by atoms with Gasteiger partial charge in [-0.2, -0.15) is 4.98 Å². The SMILES string of the molecule is COc1cccc(CNc2cc(-c3ccncc3)nc(NCCN(C)C)n2)c1. The lowest BCUT2D eigenvalue weighted by molar-refractivity contribution is 0.414. The topological polar surface area (TPSA) is 75.2 Å². The van der Waals surface area contributed by atoms with Crippen LogP contribution in [0.15, 0.2) is 54.9 Å². The van der Waals surface area contributed by atoms with Crippen molar-refractivity contribution < 1.29 is 4.74 Å². The minimum Gasteiger partial charge on any atom is -0.497 e. The van der Waals surface area contributed by atoms with Crippen molar-refractivity contribution in [2.24, 2.45) is 0 Å². The Bertz CT molecular complexity index is 885. The normalized spacial score (nSPS) is 10.7. The Morgan fingerprint density at radius 2 is 1.82 bits per heavy atom. The molecule has 0 atom stereocenters. The first-order valence-corrected chi connectivity index (χ1v) is 9.19. The third-order valence-corrected chi connectivity index (χ3v) is 4.15. The Morgan fingerprint density at radius 1 is 1.00 bits per heavy atom. The van der Waals surface area contributed by atoms with E-state index in [-0.39, 0.29) is 0 Å². The van der Waals surface area contributed by atoms with Gasteiger partial charge in [-0.3, -0.25) is 4.98 Å². The van der Waals surface area contributed by atoms with Gasteiger partial charge in [0, 0.05) is 43.7 Å². The van der Waals surface area contributed by atoms with Gasteiger partial charge in [-0.25, -0.2) is 4.98 Å². The van der Waals surface area contributed by atoms with Crippen LogP contribution in [0.25, 0.3) is 11.3 Å². The van der Waals surface area contributed by atoms with Crippen LogP contribution in [0.3, 0.4) is 0 Å². The van der Waals surface area contributed by atoms with Gasteiger partial charge in [0.15, 0.2) is 0 Å². The molecule has 0 amide bonds. The first-order chi connectivity index (χ1) is 13.6. The summed E-state index contributed by atoms with van der Waals surface area (Å²) < 4.78 is 5.29. The molecule has 2 heterocycles. The predicted molar refractivity (Wildman–Crippen MR) is 113 cm³/mol. The number of methoxy groups -OCH3 is 1. The fraction of sp³-hybridized carbons (Fsp3) is 0.286. The van der Waals surface area contributed by atoms with Crippen molar-refractivity contribution in [3.63, 3.8) is 0 Å². The molecular weight excluding hydrogens is 352 g/mol. The number of hydrogen-bond donors (Lipinski definition) is 2. The predicted octanol–water partition coefficient (Wildman–Crippen LogP) is 3.13. The van der Waals surface area contributed by atoms with Gasteiger partial charge in [0.25, 0.3) is 0 Å². The summed E-state index contributed by atoms with van der Waals surface area (Å²) in [6, 6.07) is 13.8. The second-order valence-corrected chi connectivity index (χ2v) is 6.63. The average Bonchev–Trinajstić information content (AvgIpc) is 2.73. The van der Waals surface area contributed by atoms with Gasteiger partial charge in [0.1, 0.15) is 11.6 Å². The van der Waals surface area contributed by atoms with E-state index in [4.69, 9.17) is 4.74 Å². The van der Waals surface area contributed by atoms with Gasteiger partial charge in [-0.1, -0.05) is 12.1 Å². The third-order valence-electron chi connectivity index (χ3n) is 4.15. The molecule has 0 aliphatic carbocycles. The molecule has 0 unspecified atom stereocenters. The van der Waals surface area contributed by atoms with Gasteiger partial charge >= 0.3 is 0 Å². The van der Waals surface area contributed by atoms with E-state index in [0.29, 0.717) is 12.5 Å². The zero-order valence-electron chi connectivity index (χ0n) is 16.5. The van der Waals surface area contributed by atoms with Crippen LogP contribution < -0.4 is 15.4 Å². The fourth-order valence-electron chi connectivity index (χ4n) is 2.65. The number of likely N-dealkylation sites (N-methyl/N-ethyl adjacent to an activating group) is 1. The van der Waals surface area contributed by atoms with Crippen molar-refractivity contribution in [1.82, 2.24) is 19.9 Å². The summed E-state index contributed by atoms with van der Waals surface area (Å²) in [6.45, 7) is 2.30. The number of pyridine rings is 1. The van der Waals surface area contributed by atoms with Crippen molar-refractivity contribution in [2.45, 2.75) is 6.54 Å². The van der Waals surface area contributed by atoms with Crippen molar-refractivity contribution in [2.75, 3.05) is 44.9 Å². The van der Waals surface area contributed by atoms with Crippen molar-refractivity contribution >= 4 is 11.8 Å². The van der Waals surface area contributed by atoms with Crippen LogP contribution in [0.2, 0.25) is 0 Å². The molecule has 0 fully saturated rings. The molecule has 146 valence electrons. The van der Waals surface area contributed by atoms with Crippen LogP contribution >= 0.6 is 0 Å². The molecule has 0 aliphatic rings.